The number of carboxylic acid groups (broad SMARTS) is 1. The highest BCUT2D eigenvalue weighted by Gasteiger charge is 2.17. The lowest BCUT2D eigenvalue weighted by molar-refractivity contribution is 0.0686. The van der Waals surface area contributed by atoms with Crippen molar-refractivity contribution in [3.8, 4) is 0 Å². The van der Waals surface area contributed by atoms with E-state index >= 15 is 0 Å². The molecule has 78 valence electrons. The van der Waals surface area contributed by atoms with Crippen LogP contribution >= 0.6 is 0 Å². The first-order valence-corrected chi connectivity index (χ1v) is 4.86. The summed E-state index contributed by atoms with van der Waals surface area (Å²) < 4.78 is 1.67. The van der Waals surface area contributed by atoms with Gasteiger partial charge in [0.25, 0.3) is 0 Å². The SMILES string of the molecule is CCC(CC)c1ncc(C(=O)O)n1C. The van der Waals surface area contributed by atoms with Gasteiger partial charge >= 0.3 is 5.97 Å². The van der Waals surface area contributed by atoms with E-state index in [9.17, 15) is 4.79 Å². The molecule has 0 aliphatic carbocycles. The summed E-state index contributed by atoms with van der Waals surface area (Å²) in [5.74, 6) is 0.303. The molecule has 0 aromatic carbocycles. The van der Waals surface area contributed by atoms with E-state index in [1.807, 2.05) is 0 Å². The molecule has 0 spiro atoms. The van der Waals surface area contributed by atoms with E-state index in [4.69, 9.17) is 5.11 Å². The normalized spacial score (nSPS) is 10.9. The summed E-state index contributed by atoms with van der Waals surface area (Å²) in [4.78, 5) is 14.9. The Morgan fingerprint density at radius 1 is 1.57 bits per heavy atom. The fourth-order valence-electron chi connectivity index (χ4n) is 1.66. The number of carboxylic acids is 1. The number of hydrogen-bond acceptors (Lipinski definition) is 2. The van der Waals surface area contributed by atoms with Crippen molar-refractivity contribution in [1.29, 1.82) is 0 Å². The van der Waals surface area contributed by atoms with Crippen LogP contribution in [0.5, 0.6) is 0 Å². The predicted molar refractivity (Wildman–Crippen MR) is 53.5 cm³/mol. The highest BCUT2D eigenvalue weighted by molar-refractivity contribution is 5.85. The highest BCUT2D eigenvalue weighted by atomic mass is 16.4. The second kappa shape index (κ2) is 4.26. The number of aromatic carboxylic acids is 1. The Kier molecular flexibility index (Phi) is 3.28. The Hall–Kier alpha value is -1.32. The van der Waals surface area contributed by atoms with E-state index in [0.29, 0.717) is 5.92 Å². The van der Waals surface area contributed by atoms with Gasteiger partial charge in [-0.15, -0.1) is 0 Å². The summed E-state index contributed by atoms with van der Waals surface area (Å²) >= 11 is 0. The first-order chi connectivity index (χ1) is 6.61. The van der Waals surface area contributed by atoms with Crippen molar-refractivity contribution in [2.24, 2.45) is 7.05 Å². The minimum Gasteiger partial charge on any atom is -0.477 e. The molecule has 0 aliphatic heterocycles. The van der Waals surface area contributed by atoms with Gasteiger partial charge in [-0.25, -0.2) is 9.78 Å². The smallest absolute Gasteiger partial charge is 0.354 e. The molecule has 0 atom stereocenters. The number of rotatable bonds is 4. The van der Waals surface area contributed by atoms with Gasteiger partial charge in [0.1, 0.15) is 11.5 Å². The van der Waals surface area contributed by atoms with Gasteiger partial charge in [-0.3, -0.25) is 0 Å². The first-order valence-electron chi connectivity index (χ1n) is 4.86. The lowest BCUT2D eigenvalue weighted by atomic mass is 10.0. The Bertz CT molecular complexity index is 327. The van der Waals surface area contributed by atoms with Gasteiger partial charge in [0.05, 0.1) is 6.20 Å². The molecule has 0 bridgehead atoms. The van der Waals surface area contributed by atoms with Crippen LogP contribution in [0.4, 0.5) is 0 Å². The van der Waals surface area contributed by atoms with Crippen molar-refractivity contribution in [2.45, 2.75) is 32.6 Å². The molecule has 0 radical (unpaired) electrons. The molecule has 1 aromatic heterocycles. The number of nitrogens with zero attached hydrogens (tertiary/aromatic N) is 2. The standard InChI is InChI=1S/C10H16N2O2/c1-4-7(5-2)9-11-6-8(10(13)14)12(9)3/h6-7H,4-5H2,1-3H3,(H,13,14). The van der Waals surface area contributed by atoms with Crippen molar-refractivity contribution in [2.75, 3.05) is 0 Å². The maximum atomic E-state index is 10.8. The van der Waals surface area contributed by atoms with E-state index in [1.165, 1.54) is 6.20 Å². The van der Waals surface area contributed by atoms with Crippen LogP contribution in [0, 0.1) is 0 Å². The number of hydrogen-bond donors (Lipinski definition) is 1. The molecular weight excluding hydrogens is 180 g/mol. The molecule has 4 nitrogen and oxygen atoms in total. The molecular formula is C10H16N2O2. The van der Waals surface area contributed by atoms with Gasteiger partial charge in [-0.2, -0.15) is 0 Å². The number of aromatic nitrogens is 2. The van der Waals surface area contributed by atoms with E-state index in [2.05, 4.69) is 18.8 Å². The molecule has 0 saturated heterocycles. The van der Waals surface area contributed by atoms with Gasteiger partial charge in [0.2, 0.25) is 0 Å². The van der Waals surface area contributed by atoms with Crippen LogP contribution in [-0.2, 0) is 7.05 Å². The molecule has 0 amide bonds. The quantitative estimate of drug-likeness (QED) is 0.801. The fourth-order valence-corrected chi connectivity index (χ4v) is 1.66. The molecule has 1 rings (SSSR count). The maximum absolute atomic E-state index is 10.8. The summed E-state index contributed by atoms with van der Waals surface area (Å²) in [6.07, 6.45) is 3.40. The number of imidazole rings is 1. The summed E-state index contributed by atoms with van der Waals surface area (Å²) in [7, 11) is 1.75. The van der Waals surface area contributed by atoms with E-state index in [-0.39, 0.29) is 5.69 Å². The molecule has 4 heteroatoms. The highest BCUT2D eigenvalue weighted by Crippen LogP contribution is 2.21. The fraction of sp³-hybridized carbons (Fsp3) is 0.600. The molecule has 14 heavy (non-hydrogen) atoms. The average Bonchev–Trinajstić information content (AvgIpc) is 2.51. The van der Waals surface area contributed by atoms with Crippen LogP contribution in [0.2, 0.25) is 0 Å². The zero-order valence-corrected chi connectivity index (χ0v) is 8.82. The first kappa shape index (κ1) is 10.8. The molecule has 1 aromatic rings. The Balaban J connectivity index is 3.05. The predicted octanol–water partition coefficient (Wildman–Crippen LogP) is 2.02. The van der Waals surface area contributed by atoms with Gasteiger partial charge in [0.15, 0.2) is 0 Å². The van der Waals surface area contributed by atoms with Crippen LogP contribution in [0.1, 0.15) is 48.9 Å². The lowest BCUT2D eigenvalue weighted by Crippen LogP contribution is -2.10. The molecule has 0 unspecified atom stereocenters. The van der Waals surface area contributed by atoms with E-state index in [1.54, 1.807) is 11.6 Å². The van der Waals surface area contributed by atoms with Crippen molar-refractivity contribution >= 4 is 5.97 Å². The van der Waals surface area contributed by atoms with Crippen molar-refractivity contribution < 1.29 is 9.90 Å². The third-order valence-electron chi connectivity index (χ3n) is 2.59. The van der Waals surface area contributed by atoms with Gasteiger partial charge in [-0.05, 0) is 12.8 Å². The summed E-state index contributed by atoms with van der Waals surface area (Å²) in [6, 6.07) is 0. The lowest BCUT2D eigenvalue weighted by Gasteiger charge is -2.12. The van der Waals surface area contributed by atoms with Crippen LogP contribution < -0.4 is 0 Å². The molecule has 1 heterocycles. The second-order valence-electron chi connectivity index (χ2n) is 3.38. The summed E-state index contributed by atoms with van der Waals surface area (Å²) in [5, 5.41) is 8.85. The van der Waals surface area contributed by atoms with Crippen LogP contribution in [-0.4, -0.2) is 20.6 Å². The Labute approximate surface area is 83.6 Å². The molecule has 0 fully saturated rings. The van der Waals surface area contributed by atoms with Crippen LogP contribution in [0.3, 0.4) is 0 Å². The van der Waals surface area contributed by atoms with E-state index < -0.39 is 5.97 Å². The van der Waals surface area contributed by atoms with Crippen LogP contribution in [0.15, 0.2) is 6.20 Å². The monoisotopic (exact) mass is 196 g/mol. The van der Waals surface area contributed by atoms with Gasteiger partial charge in [-0.1, -0.05) is 13.8 Å². The topological polar surface area (TPSA) is 55.1 Å². The van der Waals surface area contributed by atoms with Crippen molar-refractivity contribution in [1.82, 2.24) is 9.55 Å². The van der Waals surface area contributed by atoms with Crippen molar-refractivity contribution in [3.05, 3.63) is 17.7 Å². The zero-order chi connectivity index (χ0) is 10.7. The minimum absolute atomic E-state index is 0.256. The van der Waals surface area contributed by atoms with Gasteiger partial charge < -0.3 is 9.67 Å². The third-order valence-corrected chi connectivity index (χ3v) is 2.59. The molecule has 1 N–H and O–H groups in total. The summed E-state index contributed by atoms with van der Waals surface area (Å²) in [5.41, 5.74) is 0.256. The maximum Gasteiger partial charge on any atom is 0.354 e. The largest absolute Gasteiger partial charge is 0.477 e. The minimum atomic E-state index is -0.919. The Morgan fingerprint density at radius 2 is 2.14 bits per heavy atom. The van der Waals surface area contributed by atoms with Crippen LogP contribution in [0.25, 0.3) is 0 Å². The van der Waals surface area contributed by atoms with E-state index in [0.717, 1.165) is 18.7 Å². The third kappa shape index (κ3) is 1.78. The number of carbonyl (C=O) groups is 1. The second-order valence-corrected chi connectivity index (χ2v) is 3.38. The Morgan fingerprint density at radius 3 is 2.50 bits per heavy atom. The van der Waals surface area contributed by atoms with Crippen molar-refractivity contribution in [3.63, 3.8) is 0 Å². The van der Waals surface area contributed by atoms with Gasteiger partial charge in [0, 0.05) is 13.0 Å². The molecule has 0 aliphatic rings. The molecule has 0 saturated carbocycles. The average molecular weight is 196 g/mol. The summed E-state index contributed by atoms with van der Waals surface area (Å²) in [6.45, 7) is 4.17. The zero-order valence-electron chi connectivity index (χ0n) is 8.82.